The van der Waals surface area contributed by atoms with Gasteiger partial charge in [0.1, 0.15) is 0 Å². The Morgan fingerprint density at radius 2 is 2.12 bits per heavy atom. The molecule has 2 aromatic heterocycles. The molecule has 1 aromatic carbocycles. The molecule has 0 radical (unpaired) electrons. The van der Waals surface area contributed by atoms with Crippen molar-refractivity contribution in [3.8, 4) is 11.3 Å². The van der Waals surface area contributed by atoms with Crippen molar-refractivity contribution in [2.45, 2.75) is 18.9 Å². The first-order chi connectivity index (χ1) is 11.8. The molecule has 3 heterocycles. The lowest BCUT2D eigenvalue weighted by Gasteiger charge is -2.33. The van der Waals surface area contributed by atoms with Crippen LogP contribution in [-0.2, 0) is 0 Å². The number of nitrogens with zero attached hydrogens (tertiary/aromatic N) is 4. The summed E-state index contributed by atoms with van der Waals surface area (Å²) in [4.78, 5) is 19.0. The van der Waals surface area contributed by atoms with Crippen LogP contribution in [0.25, 0.3) is 11.3 Å². The zero-order chi connectivity index (χ0) is 16.4. The van der Waals surface area contributed by atoms with Gasteiger partial charge in [0, 0.05) is 31.0 Å². The maximum Gasteiger partial charge on any atom is 0.257 e. The first kappa shape index (κ1) is 14.7. The van der Waals surface area contributed by atoms with Crippen molar-refractivity contribution in [3.63, 3.8) is 0 Å². The Labute approximate surface area is 140 Å². The van der Waals surface area contributed by atoms with Crippen LogP contribution in [0.15, 0.2) is 55.2 Å². The van der Waals surface area contributed by atoms with Crippen LogP contribution in [0.2, 0.25) is 0 Å². The molecule has 1 saturated heterocycles. The molecule has 24 heavy (non-hydrogen) atoms. The minimum atomic E-state index is 0.0346. The fraction of sp³-hybridized carbons (Fsp3) is 0.278. The van der Waals surface area contributed by atoms with Crippen molar-refractivity contribution in [1.29, 1.82) is 0 Å². The summed E-state index contributed by atoms with van der Waals surface area (Å²) in [6.45, 7) is 1.48. The van der Waals surface area contributed by atoms with Crippen LogP contribution < -0.4 is 0 Å². The first-order valence-electron chi connectivity index (χ1n) is 8.18. The van der Waals surface area contributed by atoms with Crippen LogP contribution in [0.5, 0.6) is 0 Å². The monoisotopic (exact) mass is 321 g/mol. The van der Waals surface area contributed by atoms with Gasteiger partial charge in [0.05, 0.1) is 29.8 Å². The normalized spacial score (nSPS) is 17.8. The van der Waals surface area contributed by atoms with Crippen molar-refractivity contribution >= 4 is 5.91 Å². The Hall–Kier alpha value is -2.89. The Bertz CT molecular complexity index is 809. The molecule has 1 aliphatic heterocycles. The maximum absolute atomic E-state index is 13.0. The third-order valence-corrected chi connectivity index (χ3v) is 4.56. The van der Waals surface area contributed by atoms with E-state index in [1.54, 1.807) is 12.4 Å². The van der Waals surface area contributed by atoms with Crippen molar-refractivity contribution in [2.75, 3.05) is 13.1 Å². The standard InChI is InChI=1S/C18H19N5O/c24-18(16-11-20-21-17(16)14-5-2-1-3-6-14)22-9-4-7-15(12-22)23-10-8-19-13-23/h1-3,5-6,8,10-11,13,15H,4,7,9,12H2,(H,20,21)/t15-/m1/s1. The summed E-state index contributed by atoms with van der Waals surface area (Å²) in [5, 5.41) is 7.06. The Morgan fingerprint density at radius 1 is 1.25 bits per heavy atom. The predicted octanol–water partition coefficient (Wildman–Crippen LogP) is 2.75. The minimum absolute atomic E-state index is 0.0346. The largest absolute Gasteiger partial charge is 0.336 e. The number of amides is 1. The highest BCUT2D eigenvalue weighted by atomic mass is 16.2. The molecular formula is C18H19N5O. The van der Waals surface area contributed by atoms with Crippen molar-refractivity contribution in [3.05, 3.63) is 60.8 Å². The molecule has 6 nitrogen and oxygen atoms in total. The van der Waals surface area contributed by atoms with E-state index in [2.05, 4.69) is 19.7 Å². The molecular weight excluding hydrogens is 302 g/mol. The fourth-order valence-corrected chi connectivity index (χ4v) is 3.31. The van der Waals surface area contributed by atoms with Gasteiger partial charge in [-0.15, -0.1) is 0 Å². The number of carbonyl (C=O) groups excluding carboxylic acids is 1. The van der Waals surface area contributed by atoms with E-state index in [1.165, 1.54) is 0 Å². The van der Waals surface area contributed by atoms with Crippen molar-refractivity contribution in [1.82, 2.24) is 24.6 Å². The van der Waals surface area contributed by atoms with E-state index in [1.807, 2.05) is 47.8 Å². The molecule has 1 amide bonds. The minimum Gasteiger partial charge on any atom is -0.336 e. The number of rotatable bonds is 3. The van der Waals surface area contributed by atoms with Crippen LogP contribution in [0.4, 0.5) is 0 Å². The third kappa shape index (κ3) is 2.71. The van der Waals surface area contributed by atoms with Gasteiger partial charge in [-0.1, -0.05) is 30.3 Å². The van der Waals surface area contributed by atoms with E-state index in [0.717, 1.165) is 30.6 Å². The van der Waals surface area contributed by atoms with Gasteiger partial charge in [-0.2, -0.15) is 5.10 Å². The number of hydrogen-bond acceptors (Lipinski definition) is 3. The number of benzene rings is 1. The molecule has 4 rings (SSSR count). The lowest BCUT2D eigenvalue weighted by atomic mass is 10.0. The molecule has 1 aliphatic rings. The Kier molecular flexibility index (Phi) is 3.86. The predicted molar refractivity (Wildman–Crippen MR) is 90.4 cm³/mol. The number of aromatic amines is 1. The fourth-order valence-electron chi connectivity index (χ4n) is 3.31. The highest BCUT2D eigenvalue weighted by Gasteiger charge is 2.27. The van der Waals surface area contributed by atoms with Gasteiger partial charge in [0.25, 0.3) is 5.91 Å². The third-order valence-electron chi connectivity index (χ3n) is 4.56. The number of imidazole rings is 1. The zero-order valence-corrected chi connectivity index (χ0v) is 13.3. The lowest BCUT2D eigenvalue weighted by molar-refractivity contribution is 0.0680. The Balaban J connectivity index is 1.57. The summed E-state index contributed by atoms with van der Waals surface area (Å²) >= 11 is 0. The number of hydrogen-bond donors (Lipinski definition) is 1. The molecule has 0 unspecified atom stereocenters. The summed E-state index contributed by atoms with van der Waals surface area (Å²) in [6, 6.07) is 10.1. The molecule has 3 aromatic rings. The molecule has 0 saturated carbocycles. The number of piperidine rings is 1. The van der Waals surface area contributed by atoms with E-state index in [4.69, 9.17) is 0 Å². The van der Waals surface area contributed by atoms with Gasteiger partial charge >= 0.3 is 0 Å². The van der Waals surface area contributed by atoms with E-state index >= 15 is 0 Å². The van der Waals surface area contributed by atoms with Crippen molar-refractivity contribution < 1.29 is 4.79 Å². The van der Waals surface area contributed by atoms with Gasteiger partial charge in [0.2, 0.25) is 0 Å². The SMILES string of the molecule is O=C(c1cn[nH]c1-c1ccccc1)N1CCC[C@@H](n2ccnc2)C1. The highest BCUT2D eigenvalue weighted by Crippen LogP contribution is 2.26. The summed E-state index contributed by atoms with van der Waals surface area (Å²) in [5.41, 5.74) is 2.39. The van der Waals surface area contributed by atoms with E-state index in [0.29, 0.717) is 12.1 Å². The van der Waals surface area contributed by atoms with E-state index < -0.39 is 0 Å². The van der Waals surface area contributed by atoms with Crippen LogP contribution in [-0.4, -0.2) is 43.6 Å². The van der Waals surface area contributed by atoms with Gasteiger partial charge in [-0.3, -0.25) is 9.89 Å². The average molecular weight is 321 g/mol. The topological polar surface area (TPSA) is 66.8 Å². The summed E-state index contributed by atoms with van der Waals surface area (Å²) in [6.07, 6.45) is 9.26. The van der Waals surface area contributed by atoms with Gasteiger partial charge in [0.15, 0.2) is 0 Å². The maximum atomic E-state index is 13.0. The molecule has 0 aliphatic carbocycles. The highest BCUT2D eigenvalue weighted by molar-refractivity contribution is 5.99. The number of nitrogens with one attached hydrogen (secondary N) is 1. The molecule has 1 fully saturated rings. The number of H-pyrrole nitrogens is 1. The van der Waals surface area contributed by atoms with Gasteiger partial charge in [-0.05, 0) is 12.8 Å². The van der Waals surface area contributed by atoms with Crippen LogP contribution in [0.3, 0.4) is 0 Å². The number of aromatic nitrogens is 4. The van der Waals surface area contributed by atoms with Gasteiger partial charge < -0.3 is 9.47 Å². The molecule has 0 spiro atoms. The zero-order valence-electron chi connectivity index (χ0n) is 13.3. The lowest BCUT2D eigenvalue weighted by Crippen LogP contribution is -2.40. The van der Waals surface area contributed by atoms with E-state index in [-0.39, 0.29) is 11.9 Å². The average Bonchev–Trinajstić information content (AvgIpc) is 3.34. The summed E-state index contributed by atoms with van der Waals surface area (Å²) in [7, 11) is 0. The molecule has 1 N–H and O–H groups in total. The quantitative estimate of drug-likeness (QED) is 0.806. The van der Waals surface area contributed by atoms with Crippen LogP contribution in [0, 0.1) is 0 Å². The molecule has 1 atom stereocenters. The first-order valence-corrected chi connectivity index (χ1v) is 8.18. The molecule has 0 bridgehead atoms. The van der Waals surface area contributed by atoms with Crippen LogP contribution >= 0.6 is 0 Å². The Morgan fingerprint density at radius 3 is 2.92 bits per heavy atom. The number of likely N-dealkylation sites (tertiary alicyclic amines) is 1. The molecule has 122 valence electrons. The smallest absolute Gasteiger partial charge is 0.257 e. The summed E-state index contributed by atoms with van der Waals surface area (Å²) < 4.78 is 2.09. The second kappa shape index (κ2) is 6.31. The summed E-state index contributed by atoms with van der Waals surface area (Å²) in [5.74, 6) is 0.0346. The second-order valence-corrected chi connectivity index (χ2v) is 6.08. The van der Waals surface area contributed by atoms with Crippen LogP contribution in [0.1, 0.15) is 29.2 Å². The van der Waals surface area contributed by atoms with E-state index in [9.17, 15) is 4.79 Å². The second-order valence-electron chi connectivity index (χ2n) is 6.08. The van der Waals surface area contributed by atoms with Gasteiger partial charge in [-0.25, -0.2) is 4.98 Å². The number of carbonyl (C=O) groups is 1. The molecule has 6 heteroatoms. The van der Waals surface area contributed by atoms with Crippen molar-refractivity contribution in [2.24, 2.45) is 0 Å².